The fourth-order valence-corrected chi connectivity index (χ4v) is 8.23. The molecule has 0 saturated heterocycles. The summed E-state index contributed by atoms with van der Waals surface area (Å²) in [6, 6.07) is 4.43. The topological polar surface area (TPSA) is 125 Å². The molecular formula is C24H34N2O6S. The third kappa shape index (κ3) is 4.25. The van der Waals surface area contributed by atoms with Crippen molar-refractivity contribution in [1.29, 1.82) is 0 Å². The molecule has 2 atom stereocenters. The van der Waals surface area contributed by atoms with Gasteiger partial charge in [0.05, 0.1) is 19.8 Å². The molecule has 4 saturated carbocycles. The van der Waals surface area contributed by atoms with Gasteiger partial charge in [-0.1, -0.05) is 0 Å². The monoisotopic (exact) mass is 478 g/mol. The maximum absolute atomic E-state index is 13.4. The van der Waals surface area contributed by atoms with Crippen LogP contribution in [0.15, 0.2) is 23.1 Å². The Morgan fingerprint density at radius 1 is 1.12 bits per heavy atom. The van der Waals surface area contributed by atoms with Crippen LogP contribution >= 0.6 is 0 Å². The van der Waals surface area contributed by atoms with E-state index in [1.54, 1.807) is 13.8 Å². The van der Waals surface area contributed by atoms with Crippen molar-refractivity contribution in [3.63, 3.8) is 0 Å². The van der Waals surface area contributed by atoms with Gasteiger partial charge >= 0.3 is 0 Å². The van der Waals surface area contributed by atoms with Gasteiger partial charge in [-0.2, -0.15) is 4.72 Å². The van der Waals surface area contributed by atoms with Crippen LogP contribution in [-0.2, 0) is 19.6 Å². The van der Waals surface area contributed by atoms with Gasteiger partial charge in [0.15, 0.2) is 5.78 Å². The zero-order valence-corrected chi connectivity index (χ0v) is 20.5. The van der Waals surface area contributed by atoms with Gasteiger partial charge in [-0.15, -0.1) is 0 Å². The minimum atomic E-state index is -4.03. The second-order valence-electron chi connectivity index (χ2n) is 10.7. The number of benzene rings is 1. The molecule has 1 aromatic rings. The van der Waals surface area contributed by atoms with Crippen molar-refractivity contribution in [2.45, 2.75) is 62.8 Å². The van der Waals surface area contributed by atoms with Crippen LogP contribution in [0.3, 0.4) is 0 Å². The number of hydrogen-bond acceptors (Lipinski definition) is 6. The molecular weight excluding hydrogens is 444 g/mol. The normalized spacial score (nSPS) is 30.8. The first kappa shape index (κ1) is 24.0. The van der Waals surface area contributed by atoms with Gasteiger partial charge in [0.1, 0.15) is 16.4 Å². The lowest BCUT2D eigenvalue weighted by atomic mass is 9.45. The Balaban J connectivity index is 1.50. The molecule has 2 unspecified atom stereocenters. The molecule has 33 heavy (non-hydrogen) atoms. The first-order valence-electron chi connectivity index (χ1n) is 11.5. The SMILES string of the molecule is COc1ccc(S(=O)(=O)NC(C)(C)C(=O)CC2C3CC4CC2CC(C(N)=O)(C4)C3)c(OC)c1. The summed E-state index contributed by atoms with van der Waals surface area (Å²) in [6.45, 7) is 3.20. The number of methoxy groups -OCH3 is 2. The Kier molecular flexibility index (Phi) is 6.02. The van der Waals surface area contributed by atoms with Gasteiger partial charge in [0, 0.05) is 17.9 Å². The van der Waals surface area contributed by atoms with Crippen molar-refractivity contribution in [1.82, 2.24) is 4.72 Å². The van der Waals surface area contributed by atoms with Crippen molar-refractivity contribution in [2.75, 3.05) is 14.2 Å². The van der Waals surface area contributed by atoms with Crippen LogP contribution in [0, 0.1) is 29.1 Å². The predicted octanol–water partition coefficient (Wildman–Crippen LogP) is 2.65. The van der Waals surface area contributed by atoms with Crippen LogP contribution in [-0.4, -0.2) is 39.9 Å². The largest absolute Gasteiger partial charge is 0.497 e. The number of ketones is 1. The summed E-state index contributed by atoms with van der Waals surface area (Å²) in [5, 5.41) is 0. The molecule has 0 radical (unpaired) electrons. The Bertz CT molecular complexity index is 1050. The van der Waals surface area contributed by atoms with E-state index < -0.39 is 21.0 Å². The molecule has 182 valence electrons. The summed E-state index contributed by atoms with van der Waals surface area (Å²) in [5.74, 6) is 1.52. The average molecular weight is 479 g/mol. The number of nitrogens with two attached hydrogens (primary N) is 1. The fourth-order valence-electron chi connectivity index (χ4n) is 6.68. The first-order chi connectivity index (χ1) is 15.4. The van der Waals surface area contributed by atoms with Crippen molar-refractivity contribution in [2.24, 2.45) is 34.8 Å². The zero-order valence-electron chi connectivity index (χ0n) is 19.7. The zero-order chi connectivity index (χ0) is 24.2. The molecule has 4 fully saturated rings. The van der Waals surface area contributed by atoms with Gasteiger partial charge in [0.25, 0.3) is 0 Å². The highest BCUT2D eigenvalue weighted by atomic mass is 32.2. The third-order valence-corrected chi connectivity index (χ3v) is 9.85. The first-order valence-corrected chi connectivity index (χ1v) is 13.0. The van der Waals surface area contributed by atoms with E-state index in [2.05, 4.69) is 4.72 Å². The van der Waals surface area contributed by atoms with Crippen molar-refractivity contribution >= 4 is 21.7 Å². The van der Waals surface area contributed by atoms with Crippen LogP contribution in [0.4, 0.5) is 0 Å². The lowest BCUT2D eigenvalue weighted by Gasteiger charge is -2.59. The Hall–Kier alpha value is -2.13. The number of carbonyl (C=O) groups is 2. The van der Waals surface area contributed by atoms with E-state index in [0.717, 1.165) is 32.1 Å². The molecule has 4 aliphatic carbocycles. The Morgan fingerprint density at radius 2 is 1.76 bits per heavy atom. The summed E-state index contributed by atoms with van der Waals surface area (Å²) in [4.78, 5) is 25.5. The number of amides is 1. The standard InChI is InChI=1S/C24H34N2O6S/c1-23(2,26-33(29,30)20-6-5-17(31-3)9-19(20)32-4)21(27)10-18-15-7-14-8-16(18)13-24(11-14,12-15)22(25)28/h5-6,9,14-16,18,26H,7-8,10-13H2,1-4H3,(H2,25,28). The van der Waals surface area contributed by atoms with Gasteiger partial charge in [-0.3, -0.25) is 9.59 Å². The number of primary amides is 1. The number of carbonyl (C=O) groups excluding carboxylic acids is 2. The third-order valence-electron chi connectivity index (χ3n) is 8.16. The molecule has 9 heteroatoms. The minimum Gasteiger partial charge on any atom is -0.497 e. The van der Waals surface area contributed by atoms with E-state index in [9.17, 15) is 18.0 Å². The van der Waals surface area contributed by atoms with E-state index in [1.807, 2.05) is 0 Å². The second kappa shape index (κ2) is 8.27. The van der Waals surface area contributed by atoms with Crippen LogP contribution in [0.5, 0.6) is 11.5 Å². The smallest absolute Gasteiger partial charge is 0.245 e. The van der Waals surface area contributed by atoms with Gasteiger partial charge in [-0.05, 0) is 81.8 Å². The fraction of sp³-hybridized carbons (Fsp3) is 0.667. The van der Waals surface area contributed by atoms with Gasteiger partial charge in [0.2, 0.25) is 15.9 Å². The lowest BCUT2D eigenvalue weighted by Crippen LogP contribution is -2.57. The van der Waals surface area contributed by atoms with E-state index in [1.165, 1.54) is 32.4 Å². The van der Waals surface area contributed by atoms with Gasteiger partial charge < -0.3 is 15.2 Å². The number of sulfonamides is 1. The Morgan fingerprint density at radius 3 is 2.30 bits per heavy atom. The number of ether oxygens (including phenoxy) is 2. The lowest BCUT2D eigenvalue weighted by molar-refractivity contribution is -0.152. The highest BCUT2D eigenvalue weighted by Crippen LogP contribution is 2.62. The number of rotatable bonds is 9. The van der Waals surface area contributed by atoms with Crippen LogP contribution in [0.1, 0.15) is 52.4 Å². The maximum atomic E-state index is 13.4. The van der Waals surface area contributed by atoms with Gasteiger partial charge in [-0.25, -0.2) is 8.42 Å². The van der Waals surface area contributed by atoms with Crippen LogP contribution in [0.25, 0.3) is 0 Å². The highest BCUT2D eigenvalue weighted by Gasteiger charge is 2.58. The summed E-state index contributed by atoms with van der Waals surface area (Å²) < 4.78 is 39.3. The molecule has 3 N–H and O–H groups in total. The van der Waals surface area contributed by atoms with E-state index in [4.69, 9.17) is 15.2 Å². The summed E-state index contributed by atoms with van der Waals surface area (Å²) in [7, 11) is -1.16. The molecule has 4 bridgehead atoms. The molecule has 1 amide bonds. The van der Waals surface area contributed by atoms with Crippen molar-refractivity contribution < 1.29 is 27.5 Å². The number of Topliss-reactive ketones (excluding diaryl/α,β-unsaturated/α-hetero) is 1. The van der Waals surface area contributed by atoms with E-state index in [-0.39, 0.29) is 28.3 Å². The predicted molar refractivity (Wildman–Crippen MR) is 122 cm³/mol. The van der Waals surface area contributed by atoms with Crippen LogP contribution in [0.2, 0.25) is 0 Å². The minimum absolute atomic E-state index is 0.0512. The molecule has 0 spiro atoms. The molecule has 0 heterocycles. The summed E-state index contributed by atoms with van der Waals surface area (Å²) in [6.07, 6.45) is 4.74. The highest BCUT2D eigenvalue weighted by molar-refractivity contribution is 7.89. The Labute approximate surface area is 195 Å². The quantitative estimate of drug-likeness (QED) is 0.562. The van der Waals surface area contributed by atoms with Crippen molar-refractivity contribution in [3.8, 4) is 11.5 Å². The van der Waals surface area contributed by atoms with E-state index in [0.29, 0.717) is 29.9 Å². The molecule has 4 aliphatic rings. The second-order valence-corrected chi connectivity index (χ2v) is 12.3. The number of nitrogens with one attached hydrogen (secondary N) is 1. The molecule has 0 aromatic heterocycles. The number of hydrogen-bond donors (Lipinski definition) is 2. The van der Waals surface area contributed by atoms with Crippen LogP contribution < -0.4 is 19.9 Å². The average Bonchev–Trinajstić information content (AvgIpc) is 2.74. The summed E-state index contributed by atoms with van der Waals surface area (Å²) in [5.41, 5.74) is 4.08. The maximum Gasteiger partial charge on any atom is 0.245 e. The van der Waals surface area contributed by atoms with E-state index >= 15 is 0 Å². The summed E-state index contributed by atoms with van der Waals surface area (Å²) >= 11 is 0. The molecule has 1 aromatic carbocycles. The molecule has 0 aliphatic heterocycles. The van der Waals surface area contributed by atoms with Crippen molar-refractivity contribution in [3.05, 3.63) is 18.2 Å². The molecule has 5 rings (SSSR count). The molecule has 8 nitrogen and oxygen atoms in total.